The minimum absolute atomic E-state index is 0.281. The fourth-order valence-corrected chi connectivity index (χ4v) is 2.59. The van der Waals surface area contributed by atoms with Crippen LogP contribution in [0.25, 0.3) is 0 Å². The number of esters is 1. The Morgan fingerprint density at radius 2 is 1.72 bits per heavy atom. The summed E-state index contributed by atoms with van der Waals surface area (Å²) in [7, 11) is 1.30. The minimum Gasteiger partial charge on any atom is -0.468 e. The van der Waals surface area contributed by atoms with E-state index in [1.807, 2.05) is 0 Å². The molecule has 0 aliphatic rings. The molecule has 0 bridgehead atoms. The van der Waals surface area contributed by atoms with Crippen LogP contribution in [0.5, 0.6) is 0 Å². The van der Waals surface area contributed by atoms with E-state index in [4.69, 9.17) is 32.7 Å². The van der Waals surface area contributed by atoms with Crippen molar-refractivity contribution in [2.75, 3.05) is 13.7 Å². The highest BCUT2D eigenvalue weighted by atomic mass is 35.5. The zero-order chi connectivity index (χ0) is 19.2. The molecular weight excluding hydrogens is 367 g/mol. The summed E-state index contributed by atoms with van der Waals surface area (Å²) >= 11 is 12.0. The van der Waals surface area contributed by atoms with Crippen LogP contribution in [0, 0.1) is 0 Å². The number of methoxy groups -OCH3 is 1. The molecule has 1 unspecified atom stereocenters. The Kier molecular flexibility index (Phi) is 7.99. The number of carbonyl (C=O) groups is 2. The Morgan fingerprint density at radius 1 is 1.16 bits per heavy atom. The number of amides is 1. The zero-order valence-electron chi connectivity index (χ0n) is 15.0. The first-order chi connectivity index (χ1) is 11.5. The molecular formula is C17H24Cl2N2O4. The molecule has 25 heavy (non-hydrogen) atoms. The molecule has 0 aliphatic heterocycles. The number of rotatable bonds is 6. The molecule has 1 aromatic carbocycles. The molecule has 0 fully saturated rings. The number of hydrogen-bond acceptors (Lipinski definition) is 5. The van der Waals surface area contributed by atoms with Gasteiger partial charge in [0.05, 0.1) is 7.11 Å². The van der Waals surface area contributed by atoms with Crippen molar-refractivity contribution >= 4 is 35.3 Å². The van der Waals surface area contributed by atoms with Crippen LogP contribution in [0.4, 0.5) is 4.79 Å². The van der Waals surface area contributed by atoms with Crippen molar-refractivity contribution in [2.24, 2.45) is 0 Å². The van der Waals surface area contributed by atoms with Gasteiger partial charge in [-0.25, -0.2) is 9.59 Å². The highest BCUT2D eigenvalue weighted by Crippen LogP contribution is 2.24. The highest BCUT2D eigenvalue weighted by molar-refractivity contribution is 6.34. The van der Waals surface area contributed by atoms with Crippen molar-refractivity contribution in [2.45, 2.75) is 45.4 Å². The van der Waals surface area contributed by atoms with E-state index >= 15 is 0 Å². The molecule has 0 radical (unpaired) electrons. The number of ether oxygens (including phenoxy) is 2. The summed E-state index contributed by atoms with van der Waals surface area (Å²) in [5.41, 5.74) is -0.00243. The maximum Gasteiger partial charge on any atom is 0.407 e. The van der Waals surface area contributed by atoms with Gasteiger partial charge in [0.1, 0.15) is 11.6 Å². The Labute approximate surface area is 158 Å². The van der Waals surface area contributed by atoms with Crippen molar-refractivity contribution in [3.05, 3.63) is 33.8 Å². The van der Waals surface area contributed by atoms with Crippen molar-refractivity contribution in [1.29, 1.82) is 0 Å². The van der Waals surface area contributed by atoms with Gasteiger partial charge < -0.3 is 14.8 Å². The van der Waals surface area contributed by atoms with Gasteiger partial charge in [0, 0.05) is 22.6 Å². The summed E-state index contributed by atoms with van der Waals surface area (Å²) < 4.78 is 10.0. The molecule has 1 aromatic rings. The summed E-state index contributed by atoms with van der Waals surface area (Å²) in [6.45, 7) is 7.45. The van der Waals surface area contributed by atoms with Crippen molar-refractivity contribution in [3.63, 3.8) is 0 Å². The first-order valence-electron chi connectivity index (χ1n) is 7.78. The monoisotopic (exact) mass is 390 g/mol. The van der Waals surface area contributed by atoms with Crippen LogP contribution in [0.3, 0.4) is 0 Å². The quantitative estimate of drug-likeness (QED) is 0.723. The molecule has 1 rings (SSSR count). The normalized spacial score (nSPS) is 13.7. The van der Waals surface area contributed by atoms with Crippen LogP contribution >= 0.6 is 23.2 Å². The fraction of sp³-hybridized carbons (Fsp3) is 0.529. The van der Waals surface area contributed by atoms with E-state index < -0.39 is 23.7 Å². The molecule has 0 heterocycles. The molecule has 0 aliphatic carbocycles. The van der Waals surface area contributed by atoms with Crippen LogP contribution in [-0.2, 0) is 14.3 Å². The summed E-state index contributed by atoms with van der Waals surface area (Å²) in [5.74, 6) is -0.484. The average Bonchev–Trinajstić information content (AvgIpc) is 2.43. The van der Waals surface area contributed by atoms with Crippen LogP contribution in [-0.4, -0.2) is 37.4 Å². The summed E-state index contributed by atoms with van der Waals surface area (Å²) in [4.78, 5) is 23.8. The van der Waals surface area contributed by atoms with Gasteiger partial charge in [-0.1, -0.05) is 23.2 Å². The number of benzene rings is 1. The standard InChI is InChI=1S/C17H24Cl2N2O4/c1-10(21-16(23)25-17(2,3)4)9-20-14(15(22)24-5)11-6-12(18)8-13(19)7-11/h6-8,10,14,20H,9H2,1-5H3,(H,21,23)/t10-,14?/m1/s1. The van der Waals surface area contributed by atoms with Crippen molar-refractivity contribution < 1.29 is 19.1 Å². The molecule has 8 heteroatoms. The van der Waals surface area contributed by atoms with Gasteiger partial charge >= 0.3 is 12.1 Å². The van der Waals surface area contributed by atoms with Gasteiger partial charge in [-0.15, -0.1) is 0 Å². The predicted octanol–water partition coefficient (Wildman–Crippen LogP) is 3.71. The van der Waals surface area contributed by atoms with E-state index in [-0.39, 0.29) is 6.04 Å². The lowest BCUT2D eigenvalue weighted by Gasteiger charge is -2.23. The average molecular weight is 391 g/mol. The number of halogens is 2. The SMILES string of the molecule is COC(=O)C(NC[C@@H](C)NC(=O)OC(C)(C)C)c1cc(Cl)cc(Cl)c1. The summed E-state index contributed by atoms with van der Waals surface area (Å²) in [6, 6.07) is 3.80. The Hall–Kier alpha value is -1.50. The molecule has 0 spiro atoms. The maximum absolute atomic E-state index is 12.1. The molecule has 140 valence electrons. The van der Waals surface area contributed by atoms with E-state index in [0.717, 1.165) is 0 Å². The van der Waals surface area contributed by atoms with Gasteiger partial charge in [-0.3, -0.25) is 5.32 Å². The van der Waals surface area contributed by atoms with Gasteiger partial charge in [-0.05, 0) is 51.5 Å². The first kappa shape index (κ1) is 21.5. The van der Waals surface area contributed by atoms with E-state index in [9.17, 15) is 9.59 Å². The van der Waals surface area contributed by atoms with Crippen molar-refractivity contribution in [3.8, 4) is 0 Å². The van der Waals surface area contributed by atoms with Crippen LogP contribution in [0.2, 0.25) is 10.0 Å². The van der Waals surface area contributed by atoms with E-state index in [1.165, 1.54) is 7.11 Å². The summed E-state index contributed by atoms with van der Waals surface area (Å²) in [5, 5.41) is 6.57. The lowest BCUT2D eigenvalue weighted by molar-refractivity contribution is -0.143. The number of nitrogens with one attached hydrogen (secondary N) is 2. The second-order valence-corrected chi connectivity index (χ2v) is 7.49. The largest absolute Gasteiger partial charge is 0.468 e. The molecule has 1 amide bonds. The Balaban J connectivity index is 2.74. The van der Waals surface area contributed by atoms with Gasteiger partial charge in [0.15, 0.2) is 0 Å². The summed E-state index contributed by atoms with van der Waals surface area (Å²) in [6.07, 6.45) is -0.526. The topological polar surface area (TPSA) is 76.7 Å². The second-order valence-electron chi connectivity index (χ2n) is 6.61. The Bertz CT molecular complexity index is 597. The third-order valence-corrected chi connectivity index (χ3v) is 3.48. The molecule has 0 aromatic heterocycles. The zero-order valence-corrected chi connectivity index (χ0v) is 16.5. The molecule has 2 atom stereocenters. The van der Waals surface area contributed by atoms with Crippen molar-refractivity contribution in [1.82, 2.24) is 10.6 Å². The van der Waals surface area contributed by atoms with E-state index in [0.29, 0.717) is 22.2 Å². The second kappa shape index (κ2) is 9.27. The van der Waals surface area contributed by atoms with Gasteiger partial charge in [0.2, 0.25) is 0 Å². The molecule has 2 N–H and O–H groups in total. The van der Waals surface area contributed by atoms with E-state index in [1.54, 1.807) is 45.9 Å². The van der Waals surface area contributed by atoms with Crippen LogP contribution in [0.15, 0.2) is 18.2 Å². The molecule has 0 saturated heterocycles. The fourth-order valence-electron chi connectivity index (χ4n) is 2.05. The van der Waals surface area contributed by atoms with Gasteiger partial charge in [0.25, 0.3) is 0 Å². The Morgan fingerprint density at radius 3 is 2.20 bits per heavy atom. The minimum atomic E-state index is -0.760. The number of alkyl carbamates (subject to hydrolysis) is 1. The first-order valence-corrected chi connectivity index (χ1v) is 8.54. The lowest BCUT2D eigenvalue weighted by atomic mass is 10.1. The third kappa shape index (κ3) is 7.94. The van der Waals surface area contributed by atoms with Crippen LogP contribution in [0.1, 0.15) is 39.3 Å². The maximum atomic E-state index is 12.1. The molecule has 6 nitrogen and oxygen atoms in total. The predicted molar refractivity (Wildman–Crippen MR) is 98.1 cm³/mol. The number of hydrogen-bond donors (Lipinski definition) is 2. The van der Waals surface area contributed by atoms with Crippen LogP contribution < -0.4 is 10.6 Å². The highest BCUT2D eigenvalue weighted by Gasteiger charge is 2.23. The number of carbonyl (C=O) groups excluding carboxylic acids is 2. The third-order valence-electron chi connectivity index (χ3n) is 3.05. The smallest absolute Gasteiger partial charge is 0.407 e. The lowest BCUT2D eigenvalue weighted by Crippen LogP contribution is -2.44. The molecule has 0 saturated carbocycles. The van der Waals surface area contributed by atoms with Gasteiger partial charge in [-0.2, -0.15) is 0 Å². The van der Waals surface area contributed by atoms with E-state index in [2.05, 4.69) is 10.6 Å².